The lowest BCUT2D eigenvalue weighted by Gasteiger charge is -2.04. The monoisotopic (exact) mass is 342 g/mol. The lowest BCUT2D eigenvalue weighted by Crippen LogP contribution is -2.11. The number of amides is 1. The van der Waals surface area contributed by atoms with E-state index in [9.17, 15) is 14.9 Å². The Morgan fingerprint density at radius 1 is 1.53 bits per heavy atom. The van der Waals surface area contributed by atoms with Crippen LogP contribution in [-0.2, 0) is 0 Å². The number of halogens is 1. The third-order valence-electron chi connectivity index (χ3n) is 2.26. The maximum atomic E-state index is 11.9. The molecular formula is C10H7BrN4O3S. The minimum Gasteiger partial charge on any atom is -0.321 e. The number of nitrogens with one attached hydrogen (secondary N) is 1. The minimum absolute atomic E-state index is 0.0614. The van der Waals surface area contributed by atoms with Crippen molar-refractivity contribution in [3.8, 4) is 0 Å². The average molecular weight is 343 g/mol. The fraction of sp³-hybridized carbons (Fsp3) is 0.100. The standard InChI is InChI=1S/C10H7BrN4O3S/c1-5-9(19-14-13-5)10(16)12-6-2-3-8(15(17)18)7(11)4-6/h2-4H,1H3,(H,12,16). The van der Waals surface area contributed by atoms with Crippen LogP contribution in [0, 0.1) is 17.0 Å². The van der Waals surface area contributed by atoms with Gasteiger partial charge in [0.05, 0.1) is 15.1 Å². The van der Waals surface area contributed by atoms with Crippen LogP contribution in [0.3, 0.4) is 0 Å². The first-order valence-corrected chi connectivity index (χ1v) is 6.60. The summed E-state index contributed by atoms with van der Waals surface area (Å²) in [4.78, 5) is 22.5. The molecule has 2 rings (SSSR count). The van der Waals surface area contributed by atoms with Crippen molar-refractivity contribution in [1.82, 2.24) is 9.59 Å². The highest BCUT2D eigenvalue weighted by Crippen LogP contribution is 2.28. The van der Waals surface area contributed by atoms with Gasteiger partial charge in [0, 0.05) is 11.8 Å². The highest BCUT2D eigenvalue weighted by Gasteiger charge is 2.16. The summed E-state index contributed by atoms with van der Waals surface area (Å²) in [5.74, 6) is -0.340. The Labute approximate surface area is 120 Å². The normalized spacial score (nSPS) is 10.2. The maximum Gasteiger partial charge on any atom is 0.283 e. The summed E-state index contributed by atoms with van der Waals surface area (Å²) in [7, 11) is 0. The molecule has 0 atom stereocenters. The van der Waals surface area contributed by atoms with Crippen molar-refractivity contribution in [2.24, 2.45) is 0 Å². The summed E-state index contributed by atoms with van der Waals surface area (Å²) >= 11 is 4.08. The van der Waals surface area contributed by atoms with Crippen molar-refractivity contribution >= 4 is 44.7 Å². The van der Waals surface area contributed by atoms with Gasteiger partial charge in [0.1, 0.15) is 4.88 Å². The minimum atomic E-state index is -0.507. The molecule has 98 valence electrons. The van der Waals surface area contributed by atoms with E-state index in [1.54, 1.807) is 6.92 Å². The zero-order valence-electron chi connectivity index (χ0n) is 9.58. The van der Waals surface area contributed by atoms with Gasteiger partial charge < -0.3 is 5.32 Å². The van der Waals surface area contributed by atoms with Gasteiger partial charge in [0.15, 0.2) is 0 Å². The molecule has 2 aromatic rings. The van der Waals surface area contributed by atoms with E-state index in [0.29, 0.717) is 20.7 Å². The molecule has 0 saturated heterocycles. The number of carbonyl (C=O) groups excluding carboxylic acids is 1. The highest BCUT2D eigenvalue weighted by molar-refractivity contribution is 9.10. The number of nitro benzene ring substituents is 1. The summed E-state index contributed by atoms with van der Waals surface area (Å²) in [5.41, 5.74) is 0.937. The summed E-state index contributed by atoms with van der Waals surface area (Å²) in [5, 5.41) is 17.0. The first-order valence-electron chi connectivity index (χ1n) is 5.03. The first-order chi connectivity index (χ1) is 8.99. The number of anilines is 1. The van der Waals surface area contributed by atoms with Crippen molar-refractivity contribution in [3.63, 3.8) is 0 Å². The number of aromatic nitrogens is 2. The number of hydrogen-bond donors (Lipinski definition) is 1. The van der Waals surface area contributed by atoms with Gasteiger partial charge in [-0.1, -0.05) is 4.49 Å². The van der Waals surface area contributed by atoms with Gasteiger partial charge in [-0.3, -0.25) is 14.9 Å². The molecule has 0 fully saturated rings. The van der Waals surface area contributed by atoms with Crippen molar-refractivity contribution in [2.75, 3.05) is 5.32 Å². The van der Waals surface area contributed by atoms with Crippen molar-refractivity contribution in [2.45, 2.75) is 6.92 Å². The smallest absolute Gasteiger partial charge is 0.283 e. The Balaban J connectivity index is 2.21. The zero-order chi connectivity index (χ0) is 14.0. The molecule has 1 amide bonds. The fourth-order valence-electron chi connectivity index (χ4n) is 1.36. The summed E-state index contributed by atoms with van der Waals surface area (Å²) < 4.78 is 3.97. The molecule has 7 nitrogen and oxygen atoms in total. The van der Waals surface area contributed by atoms with E-state index in [1.165, 1.54) is 18.2 Å². The Kier molecular flexibility index (Phi) is 3.86. The SMILES string of the molecule is Cc1nnsc1C(=O)Nc1ccc([N+](=O)[O-])c(Br)c1. The van der Waals surface area contributed by atoms with Gasteiger partial charge in [-0.2, -0.15) is 0 Å². The molecule has 0 aliphatic rings. The molecular weight excluding hydrogens is 336 g/mol. The second kappa shape index (κ2) is 5.41. The third kappa shape index (κ3) is 2.93. The molecule has 1 aromatic heterocycles. The molecule has 0 saturated carbocycles. The van der Waals surface area contributed by atoms with E-state index in [-0.39, 0.29) is 11.6 Å². The Hall–Kier alpha value is -1.87. The first kappa shape index (κ1) is 13.6. The molecule has 0 radical (unpaired) electrons. The van der Waals surface area contributed by atoms with Crippen LogP contribution in [0.5, 0.6) is 0 Å². The van der Waals surface area contributed by atoms with Crippen molar-refractivity contribution in [3.05, 3.63) is 43.4 Å². The second-order valence-electron chi connectivity index (χ2n) is 3.56. The van der Waals surface area contributed by atoms with Crippen LogP contribution in [0.25, 0.3) is 0 Å². The quantitative estimate of drug-likeness (QED) is 0.683. The van der Waals surface area contributed by atoms with Crippen LogP contribution in [0.15, 0.2) is 22.7 Å². The van der Waals surface area contributed by atoms with E-state index in [0.717, 1.165) is 11.5 Å². The predicted molar refractivity (Wildman–Crippen MR) is 73.4 cm³/mol. The molecule has 1 aromatic carbocycles. The van der Waals surface area contributed by atoms with Gasteiger partial charge in [-0.25, -0.2) is 0 Å². The van der Waals surface area contributed by atoms with Crippen LogP contribution in [0.2, 0.25) is 0 Å². The van der Waals surface area contributed by atoms with Gasteiger partial charge in [0.25, 0.3) is 11.6 Å². The predicted octanol–water partition coefficient (Wildman–Crippen LogP) is 2.77. The summed E-state index contributed by atoms with van der Waals surface area (Å²) in [6.07, 6.45) is 0. The van der Waals surface area contributed by atoms with Crippen LogP contribution >= 0.6 is 27.5 Å². The number of hydrogen-bond acceptors (Lipinski definition) is 6. The molecule has 1 heterocycles. The maximum absolute atomic E-state index is 11.9. The number of nitrogens with zero attached hydrogens (tertiary/aromatic N) is 3. The van der Waals surface area contributed by atoms with Gasteiger partial charge in [0.2, 0.25) is 0 Å². The van der Waals surface area contributed by atoms with E-state index < -0.39 is 4.92 Å². The molecule has 9 heteroatoms. The van der Waals surface area contributed by atoms with Crippen LogP contribution < -0.4 is 5.32 Å². The molecule has 0 aliphatic carbocycles. The largest absolute Gasteiger partial charge is 0.321 e. The molecule has 0 bridgehead atoms. The van der Waals surface area contributed by atoms with Gasteiger partial charge in [-0.15, -0.1) is 5.10 Å². The highest BCUT2D eigenvalue weighted by atomic mass is 79.9. The number of aryl methyl sites for hydroxylation is 1. The summed E-state index contributed by atoms with van der Waals surface area (Å²) in [6.45, 7) is 1.68. The van der Waals surface area contributed by atoms with Crippen LogP contribution in [0.1, 0.15) is 15.4 Å². The molecule has 0 aliphatic heterocycles. The van der Waals surface area contributed by atoms with E-state index in [1.807, 2.05) is 0 Å². The average Bonchev–Trinajstić information content (AvgIpc) is 2.75. The lowest BCUT2D eigenvalue weighted by molar-refractivity contribution is -0.385. The van der Waals surface area contributed by atoms with E-state index in [2.05, 4.69) is 30.8 Å². The van der Waals surface area contributed by atoms with E-state index in [4.69, 9.17) is 0 Å². The Morgan fingerprint density at radius 2 is 2.26 bits per heavy atom. The Morgan fingerprint density at radius 3 is 2.79 bits per heavy atom. The van der Waals surface area contributed by atoms with E-state index >= 15 is 0 Å². The van der Waals surface area contributed by atoms with Crippen molar-refractivity contribution < 1.29 is 9.72 Å². The van der Waals surface area contributed by atoms with Gasteiger partial charge >= 0.3 is 0 Å². The van der Waals surface area contributed by atoms with Crippen LogP contribution in [0.4, 0.5) is 11.4 Å². The van der Waals surface area contributed by atoms with Crippen LogP contribution in [-0.4, -0.2) is 20.4 Å². The fourth-order valence-corrected chi connectivity index (χ4v) is 2.44. The van der Waals surface area contributed by atoms with Crippen molar-refractivity contribution in [1.29, 1.82) is 0 Å². The third-order valence-corrected chi connectivity index (χ3v) is 3.72. The lowest BCUT2D eigenvalue weighted by atomic mass is 10.2. The molecule has 0 unspecified atom stereocenters. The zero-order valence-corrected chi connectivity index (χ0v) is 12.0. The van der Waals surface area contributed by atoms with Gasteiger partial charge in [-0.05, 0) is 46.5 Å². The molecule has 1 N–H and O–H groups in total. The topological polar surface area (TPSA) is 98.0 Å². The molecule has 0 spiro atoms. The number of nitro groups is 1. The number of carbonyl (C=O) groups is 1. The summed E-state index contributed by atoms with van der Waals surface area (Å²) in [6, 6.07) is 4.25. The second-order valence-corrected chi connectivity index (χ2v) is 5.17. The Bertz CT molecular complexity index is 658. The number of benzene rings is 1. The molecule has 19 heavy (non-hydrogen) atoms. The number of rotatable bonds is 3.